The number of rotatable bonds is 7. The lowest BCUT2D eigenvalue weighted by molar-refractivity contribution is -0.125. The fraction of sp³-hybridized carbons (Fsp3) is 0.375. The summed E-state index contributed by atoms with van der Waals surface area (Å²) in [4.78, 5) is 26.2. The summed E-state index contributed by atoms with van der Waals surface area (Å²) in [5, 5.41) is 4.49. The Morgan fingerprint density at radius 2 is 2.06 bits per heavy atom. The van der Waals surface area contributed by atoms with Crippen LogP contribution in [0.5, 0.6) is 5.75 Å². The molecule has 9 nitrogen and oxygen atoms in total. The van der Waals surface area contributed by atoms with Gasteiger partial charge in [0.2, 0.25) is 5.91 Å². The summed E-state index contributed by atoms with van der Waals surface area (Å²) in [7, 11) is 3.16. The van der Waals surface area contributed by atoms with Crippen LogP contribution in [0, 0.1) is 11.8 Å². The summed E-state index contributed by atoms with van der Waals surface area (Å²) in [6.45, 7) is 3.38. The first kappa shape index (κ1) is 23.9. The number of hydrogen-bond acceptors (Lipinski definition) is 6. The Kier molecular flexibility index (Phi) is 7.74. The van der Waals surface area contributed by atoms with Gasteiger partial charge in [-0.15, -0.1) is 0 Å². The molecule has 0 radical (unpaired) electrons. The normalized spacial score (nSPS) is 15.5. The molecule has 1 aliphatic rings. The molecule has 174 valence electrons. The number of hydrogen-bond donors (Lipinski definition) is 2. The lowest BCUT2D eigenvalue weighted by atomic mass is 10.1. The molecule has 3 rings (SSSR count). The lowest BCUT2D eigenvalue weighted by Gasteiger charge is -2.15. The molecule has 0 bridgehead atoms. The molecule has 1 aliphatic heterocycles. The summed E-state index contributed by atoms with van der Waals surface area (Å²) in [6, 6.07) is 5.54. The van der Waals surface area contributed by atoms with Gasteiger partial charge >= 0.3 is 0 Å². The molecule has 0 aliphatic carbocycles. The molecule has 1 fully saturated rings. The van der Waals surface area contributed by atoms with E-state index < -0.39 is 5.91 Å². The third-order valence-electron chi connectivity index (χ3n) is 5.47. The average molecular weight is 452 g/mol. The van der Waals surface area contributed by atoms with Crippen LogP contribution in [-0.4, -0.2) is 60.4 Å². The van der Waals surface area contributed by atoms with E-state index in [4.69, 9.17) is 20.9 Å². The second kappa shape index (κ2) is 10.7. The first-order valence-electron chi connectivity index (χ1n) is 10.7. The lowest BCUT2D eigenvalue weighted by Crippen LogP contribution is -2.28. The summed E-state index contributed by atoms with van der Waals surface area (Å²) >= 11 is 0. The molecule has 4 N–H and O–H groups in total. The van der Waals surface area contributed by atoms with Gasteiger partial charge in [0, 0.05) is 31.8 Å². The zero-order valence-electron chi connectivity index (χ0n) is 19.1. The summed E-state index contributed by atoms with van der Waals surface area (Å²) in [5.74, 6) is 6.03. The quantitative estimate of drug-likeness (QED) is 0.486. The molecule has 2 heterocycles. The van der Waals surface area contributed by atoms with Crippen LogP contribution in [0.15, 0.2) is 30.4 Å². The number of methoxy groups -OCH3 is 2. The minimum absolute atomic E-state index is 0.0888. The Bertz CT molecular complexity index is 1100. The summed E-state index contributed by atoms with van der Waals surface area (Å²) < 4.78 is 11.8. The maximum absolute atomic E-state index is 12.3. The van der Waals surface area contributed by atoms with Crippen molar-refractivity contribution in [3.63, 3.8) is 0 Å². The van der Waals surface area contributed by atoms with Gasteiger partial charge in [0.25, 0.3) is 5.91 Å². The topological polar surface area (TPSA) is 126 Å². The number of carbonyl (C=O) groups is 2. The van der Waals surface area contributed by atoms with Crippen molar-refractivity contribution >= 4 is 17.6 Å². The number of anilines is 1. The average Bonchev–Trinajstić information content (AvgIpc) is 3.42. The number of nitrogen functional groups attached to an aromatic ring is 1. The zero-order valence-corrected chi connectivity index (χ0v) is 19.1. The zero-order chi connectivity index (χ0) is 24.0. The van der Waals surface area contributed by atoms with E-state index in [0.717, 1.165) is 17.5 Å². The maximum Gasteiger partial charge on any atom is 0.255 e. The Hall–Kier alpha value is -3.77. The van der Waals surface area contributed by atoms with Crippen molar-refractivity contribution in [2.24, 2.45) is 5.73 Å². The van der Waals surface area contributed by atoms with Crippen LogP contribution in [-0.2, 0) is 16.0 Å². The Labute approximate surface area is 193 Å². The third-order valence-corrected chi connectivity index (χ3v) is 5.47. The van der Waals surface area contributed by atoms with E-state index in [-0.39, 0.29) is 29.0 Å². The molecule has 0 unspecified atom stereocenters. The molecule has 2 amide bonds. The summed E-state index contributed by atoms with van der Waals surface area (Å²) in [6.07, 6.45) is 4.64. The van der Waals surface area contributed by atoms with Gasteiger partial charge in [-0.3, -0.25) is 9.59 Å². The molecule has 1 aromatic carbocycles. The van der Waals surface area contributed by atoms with Crippen LogP contribution in [0.4, 0.5) is 5.82 Å². The van der Waals surface area contributed by atoms with E-state index in [9.17, 15) is 9.59 Å². The first-order valence-corrected chi connectivity index (χ1v) is 10.7. The molecule has 33 heavy (non-hydrogen) atoms. The molecule has 1 aromatic heterocycles. The van der Waals surface area contributed by atoms with Gasteiger partial charge in [-0.05, 0) is 42.5 Å². The SMILES string of the molecule is CCc1cc(C#Cc2nn([C@H]3CCN(C(=O)/C=C/COC)C3)c(N)c2C(N)=O)cc(OC)c1. The molecule has 0 spiro atoms. The highest BCUT2D eigenvalue weighted by molar-refractivity contribution is 5.99. The van der Waals surface area contributed by atoms with Crippen molar-refractivity contribution in [2.45, 2.75) is 25.8 Å². The molecule has 2 aromatic rings. The first-order chi connectivity index (χ1) is 15.9. The predicted molar refractivity (Wildman–Crippen MR) is 125 cm³/mol. The van der Waals surface area contributed by atoms with Crippen molar-refractivity contribution in [3.05, 3.63) is 52.7 Å². The van der Waals surface area contributed by atoms with E-state index >= 15 is 0 Å². The Morgan fingerprint density at radius 1 is 1.27 bits per heavy atom. The number of primary amides is 1. The molecular formula is C24H29N5O4. The molecule has 9 heteroatoms. The van der Waals surface area contributed by atoms with Gasteiger partial charge in [-0.1, -0.05) is 18.9 Å². The van der Waals surface area contributed by atoms with Gasteiger partial charge < -0.3 is 25.8 Å². The molecular weight excluding hydrogens is 422 g/mol. The predicted octanol–water partition coefficient (Wildman–Crippen LogP) is 1.51. The van der Waals surface area contributed by atoms with E-state index in [2.05, 4.69) is 16.9 Å². The maximum atomic E-state index is 12.3. The van der Waals surface area contributed by atoms with E-state index in [0.29, 0.717) is 31.9 Å². The van der Waals surface area contributed by atoms with Gasteiger partial charge in [0.1, 0.15) is 17.1 Å². The van der Waals surface area contributed by atoms with Gasteiger partial charge in [-0.2, -0.15) is 5.10 Å². The van der Waals surface area contributed by atoms with E-state index in [1.807, 2.05) is 25.1 Å². The summed E-state index contributed by atoms with van der Waals surface area (Å²) in [5.41, 5.74) is 13.9. The number of nitrogens with two attached hydrogens (primary N) is 2. The number of amides is 2. The van der Waals surface area contributed by atoms with Crippen LogP contribution in [0.1, 0.15) is 46.6 Å². The smallest absolute Gasteiger partial charge is 0.255 e. The number of aromatic nitrogens is 2. The minimum atomic E-state index is -0.698. The van der Waals surface area contributed by atoms with E-state index in [1.165, 1.54) is 6.08 Å². The Morgan fingerprint density at radius 3 is 2.73 bits per heavy atom. The number of carbonyl (C=O) groups excluding carboxylic acids is 2. The second-order valence-corrected chi connectivity index (χ2v) is 7.68. The van der Waals surface area contributed by atoms with Gasteiger partial charge in [0.15, 0.2) is 5.69 Å². The van der Waals surface area contributed by atoms with Gasteiger partial charge in [-0.25, -0.2) is 4.68 Å². The number of ether oxygens (including phenoxy) is 2. The van der Waals surface area contributed by atoms with Crippen LogP contribution < -0.4 is 16.2 Å². The van der Waals surface area contributed by atoms with Gasteiger partial charge in [0.05, 0.1) is 19.8 Å². The number of benzene rings is 1. The van der Waals surface area contributed by atoms with Crippen LogP contribution in [0.25, 0.3) is 0 Å². The van der Waals surface area contributed by atoms with Crippen molar-refractivity contribution in [1.82, 2.24) is 14.7 Å². The highest BCUT2D eigenvalue weighted by atomic mass is 16.5. The number of nitrogens with zero attached hydrogens (tertiary/aromatic N) is 3. The van der Waals surface area contributed by atoms with E-state index in [1.54, 1.807) is 29.9 Å². The fourth-order valence-electron chi connectivity index (χ4n) is 3.73. The minimum Gasteiger partial charge on any atom is -0.497 e. The van der Waals surface area contributed by atoms with Crippen molar-refractivity contribution < 1.29 is 19.1 Å². The molecule has 0 saturated carbocycles. The Balaban J connectivity index is 1.88. The van der Waals surface area contributed by atoms with Crippen LogP contribution in [0.2, 0.25) is 0 Å². The molecule has 1 saturated heterocycles. The molecule has 1 atom stereocenters. The number of aryl methyl sites for hydroxylation is 1. The number of likely N-dealkylation sites (tertiary alicyclic amines) is 1. The van der Waals surface area contributed by atoms with Crippen LogP contribution in [0.3, 0.4) is 0 Å². The monoisotopic (exact) mass is 451 g/mol. The standard InChI is InChI=1S/C24H29N5O4/c1-4-16-12-17(14-19(13-16)33-3)7-8-20-22(24(26)31)23(25)29(27-20)18-9-10-28(15-18)21(30)6-5-11-32-2/h5-6,12-14,18H,4,9-11,15,25H2,1-3H3,(H2,26,31)/b6-5+/t18-/m0/s1. The van der Waals surface area contributed by atoms with Crippen LogP contribution >= 0.6 is 0 Å². The highest BCUT2D eigenvalue weighted by Gasteiger charge is 2.30. The van der Waals surface area contributed by atoms with Crippen molar-refractivity contribution in [1.29, 1.82) is 0 Å². The second-order valence-electron chi connectivity index (χ2n) is 7.68. The third kappa shape index (κ3) is 5.54. The largest absolute Gasteiger partial charge is 0.497 e. The van der Waals surface area contributed by atoms with Crippen molar-refractivity contribution in [3.8, 4) is 17.6 Å². The fourth-order valence-corrected chi connectivity index (χ4v) is 3.73. The van der Waals surface area contributed by atoms with Crippen molar-refractivity contribution in [2.75, 3.05) is 39.6 Å². The highest BCUT2D eigenvalue weighted by Crippen LogP contribution is 2.27.